The summed E-state index contributed by atoms with van der Waals surface area (Å²) in [5, 5.41) is 0. The Hall–Kier alpha value is -0.290. The molecule has 0 aromatic heterocycles. The zero-order valence-corrected chi connectivity index (χ0v) is 8.91. The number of fused-ring (bicyclic) bond motifs is 1. The molecular formula is C9H11IN2. The van der Waals surface area contributed by atoms with Crippen LogP contribution in [0.3, 0.4) is 0 Å². The average Bonchev–Trinajstić information content (AvgIpc) is 2.05. The second kappa shape index (κ2) is 3.22. The molecule has 0 saturated heterocycles. The Kier molecular flexibility index (Phi) is 2.23. The van der Waals surface area contributed by atoms with Crippen molar-refractivity contribution in [3.63, 3.8) is 0 Å². The summed E-state index contributed by atoms with van der Waals surface area (Å²) in [7, 11) is 0. The first-order valence-electron chi connectivity index (χ1n) is 4.04. The second-order valence-electron chi connectivity index (χ2n) is 3.12. The van der Waals surface area contributed by atoms with Crippen LogP contribution in [-0.2, 0) is 13.0 Å². The molecule has 0 radical (unpaired) electrons. The molecule has 1 aromatic carbocycles. The summed E-state index contributed by atoms with van der Waals surface area (Å²) < 4.78 is 2.30. The molecule has 64 valence electrons. The average molecular weight is 274 g/mol. The van der Waals surface area contributed by atoms with E-state index < -0.39 is 0 Å². The maximum atomic E-state index is 5.70. The van der Waals surface area contributed by atoms with Gasteiger partial charge in [0.1, 0.15) is 0 Å². The molecule has 0 aliphatic carbocycles. The zero-order valence-electron chi connectivity index (χ0n) is 6.76. The Balaban J connectivity index is 2.37. The van der Waals surface area contributed by atoms with Gasteiger partial charge in [0.05, 0.1) is 0 Å². The van der Waals surface area contributed by atoms with E-state index in [9.17, 15) is 0 Å². The summed E-state index contributed by atoms with van der Waals surface area (Å²) in [5.74, 6) is 0. The van der Waals surface area contributed by atoms with Gasteiger partial charge >= 0.3 is 0 Å². The lowest BCUT2D eigenvalue weighted by atomic mass is 10.0. The van der Waals surface area contributed by atoms with Crippen LogP contribution >= 0.6 is 22.9 Å². The molecule has 3 heteroatoms. The van der Waals surface area contributed by atoms with Crippen molar-refractivity contribution in [2.75, 3.05) is 12.3 Å². The van der Waals surface area contributed by atoms with Gasteiger partial charge < -0.3 is 5.73 Å². The Morgan fingerprint density at radius 1 is 1.33 bits per heavy atom. The van der Waals surface area contributed by atoms with E-state index in [4.69, 9.17) is 5.73 Å². The summed E-state index contributed by atoms with van der Waals surface area (Å²) in [6, 6.07) is 6.21. The Morgan fingerprint density at radius 3 is 3.00 bits per heavy atom. The van der Waals surface area contributed by atoms with E-state index in [1.807, 2.05) is 6.07 Å². The minimum atomic E-state index is 0.885. The van der Waals surface area contributed by atoms with Gasteiger partial charge in [-0.1, -0.05) is 6.07 Å². The van der Waals surface area contributed by atoms with Gasteiger partial charge in [-0.25, -0.2) is 3.11 Å². The van der Waals surface area contributed by atoms with Crippen molar-refractivity contribution in [1.82, 2.24) is 3.11 Å². The quantitative estimate of drug-likeness (QED) is 0.445. The smallest absolute Gasteiger partial charge is 0.0335 e. The van der Waals surface area contributed by atoms with Crippen LogP contribution in [0.25, 0.3) is 0 Å². The molecule has 0 amide bonds. The summed E-state index contributed by atoms with van der Waals surface area (Å²) in [4.78, 5) is 0. The number of benzene rings is 1. The minimum Gasteiger partial charge on any atom is -0.399 e. The van der Waals surface area contributed by atoms with Crippen LogP contribution in [0.5, 0.6) is 0 Å². The summed E-state index contributed by atoms with van der Waals surface area (Å²) in [6.07, 6.45) is 1.13. The molecule has 0 atom stereocenters. The number of nitrogens with zero attached hydrogens (tertiary/aromatic N) is 1. The van der Waals surface area contributed by atoms with Crippen LogP contribution in [0, 0.1) is 0 Å². The molecule has 2 rings (SSSR count). The van der Waals surface area contributed by atoms with Gasteiger partial charge in [-0.3, -0.25) is 0 Å². The molecule has 2 nitrogen and oxygen atoms in total. The van der Waals surface area contributed by atoms with Gasteiger partial charge in [0.2, 0.25) is 0 Å². The van der Waals surface area contributed by atoms with Gasteiger partial charge in [-0.05, 0) is 29.7 Å². The van der Waals surface area contributed by atoms with Gasteiger partial charge in [-0.2, -0.15) is 0 Å². The Morgan fingerprint density at radius 2 is 2.17 bits per heavy atom. The van der Waals surface area contributed by atoms with E-state index in [1.54, 1.807) is 0 Å². The fourth-order valence-corrected chi connectivity index (χ4v) is 2.15. The molecular weight excluding hydrogens is 263 g/mol. The lowest BCUT2D eigenvalue weighted by Gasteiger charge is -2.23. The number of hydrogen-bond donors (Lipinski definition) is 1. The fraction of sp³-hybridized carbons (Fsp3) is 0.333. The third kappa shape index (κ3) is 1.56. The van der Waals surface area contributed by atoms with Gasteiger partial charge in [-0.15, -0.1) is 0 Å². The van der Waals surface area contributed by atoms with Crippen LogP contribution in [0.2, 0.25) is 0 Å². The maximum Gasteiger partial charge on any atom is 0.0335 e. The number of rotatable bonds is 0. The highest BCUT2D eigenvalue weighted by molar-refractivity contribution is 14.1. The van der Waals surface area contributed by atoms with Crippen molar-refractivity contribution in [3.8, 4) is 0 Å². The number of halogens is 1. The lowest BCUT2D eigenvalue weighted by Crippen LogP contribution is -2.21. The maximum absolute atomic E-state index is 5.70. The fourth-order valence-electron chi connectivity index (χ4n) is 1.54. The molecule has 1 aliphatic rings. The largest absolute Gasteiger partial charge is 0.399 e. The second-order valence-corrected chi connectivity index (χ2v) is 4.49. The van der Waals surface area contributed by atoms with Gasteiger partial charge in [0, 0.05) is 41.6 Å². The number of hydrogen-bond acceptors (Lipinski definition) is 2. The molecule has 0 spiro atoms. The third-order valence-electron chi connectivity index (χ3n) is 2.20. The van der Waals surface area contributed by atoms with Crippen LogP contribution in [-0.4, -0.2) is 9.66 Å². The first-order chi connectivity index (χ1) is 5.75. The normalized spacial score (nSPS) is 17.4. The van der Waals surface area contributed by atoms with Crippen molar-refractivity contribution in [2.45, 2.75) is 13.0 Å². The minimum absolute atomic E-state index is 0.885. The summed E-state index contributed by atoms with van der Waals surface area (Å²) in [6.45, 7) is 2.19. The first-order valence-corrected chi connectivity index (χ1v) is 5.00. The standard InChI is InChI=1S/C9H11IN2/c10-12-4-3-7-5-9(11)2-1-8(7)6-12/h1-2,5H,3-4,6,11H2. The molecule has 12 heavy (non-hydrogen) atoms. The first kappa shape index (κ1) is 8.31. The van der Waals surface area contributed by atoms with E-state index in [1.165, 1.54) is 11.1 Å². The number of nitrogens with two attached hydrogens (primary N) is 1. The van der Waals surface area contributed by atoms with Crippen molar-refractivity contribution in [3.05, 3.63) is 29.3 Å². The van der Waals surface area contributed by atoms with E-state index in [-0.39, 0.29) is 0 Å². The van der Waals surface area contributed by atoms with E-state index in [2.05, 4.69) is 38.1 Å². The highest BCUT2D eigenvalue weighted by Crippen LogP contribution is 2.22. The molecule has 2 N–H and O–H groups in total. The van der Waals surface area contributed by atoms with Crippen LogP contribution in [0.15, 0.2) is 18.2 Å². The lowest BCUT2D eigenvalue weighted by molar-refractivity contribution is 0.481. The van der Waals surface area contributed by atoms with Crippen LogP contribution in [0.1, 0.15) is 11.1 Å². The molecule has 0 fully saturated rings. The number of anilines is 1. The monoisotopic (exact) mass is 274 g/mol. The Bertz CT molecular complexity index is 299. The topological polar surface area (TPSA) is 29.3 Å². The Labute approximate surface area is 86.2 Å². The molecule has 1 aliphatic heterocycles. The molecule has 0 bridgehead atoms. The zero-order chi connectivity index (χ0) is 8.55. The number of nitrogen functional groups attached to an aromatic ring is 1. The highest BCUT2D eigenvalue weighted by atomic mass is 127. The molecule has 1 aromatic rings. The van der Waals surface area contributed by atoms with E-state index >= 15 is 0 Å². The third-order valence-corrected chi connectivity index (χ3v) is 3.02. The van der Waals surface area contributed by atoms with Gasteiger partial charge in [0.25, 0.3) is 0 Å². The predicted octanol–water partition coefficient (Wildman–Crippen LogP) is 1.98. The predicted molar refractivity (Wildman–Crippen MR) is 59.0 cm³/mol. The van der Waals surface area contributed by atoms with Crippen molar-refractivity contribution in [2.24, 2.45) is 0 Å². The van der Waals surface area contributed by atoms with Crippen LogP contribution in [0.4, 0.5) is 5.69 Å². The van der Waals surface area contributed by atoms with Crippen molar-refractivity contribution >= 4 is 28.6 Å². The summed E-state index contributed by atoms with van der Waals surface area (Å²) >= 11 is 2.36. The van der Waals surface area contributed by atoms with Crippen molar-refractivity contribution in [1.29, 1.82) is 0 Å². The van der Waals surface area contributed by atoms with Crippen molar-refractivity contribution < 1.29 is 0 Å². The van der Waals surface area contributed by atoms with Gasteiger partial charge in [0.15, 0.2) is 0 Å². The molecule has 1 heterocycles. The molecule has 0 unspecified atom stereocenters. The van der Waals surface area contributed by atoms with Crippen LogP contribution < -0.4 is 5.73 Å². The highest BCUT2D eigenvalue weighted by Gasteiger charge is 2.13. The van der Waals surface area contributed by atoms with E-state index in [0.29, 0.717) is 0 Å². The summed E-state index contributed by atoms with van der Waals surface area (Å²) in [5.41, 5.74) is 9.43. The van der Waals surface area contributed by atoms with E-state index in [0.717, 1.165) is 25.2 Å². The SMILES string of the molecule is Nc1ccc2c(c1)CCN(I)C2. The molecule has 0 saturated carbocycles.